The number of benzene rings is 2. The van der Waals surface area contributed by atoms with Gasteiger partial charge in [0.25, 0.3) is 0 Å². The van der Waals surface area contributed by atoms with Crippen molar-refractivity contribution >= 4 is 16.6 Å². The molecule has 0 N–H and O–H groups in total. The number of hydrogen-bond donors (Lipinski definition) is 0. The Morgan fingerprint density at radius 2 is 0.886 bits per heavy atom. The fraction of sp³-hybridized carbons (Fsp3) is 0.267. The van der Waals surface area contributed by atoms with Crippen molar-refractivity contribution in [3.8, 4) is 22.3 Å². The standard InChI is InChI=1S/2C13H13.C4H14Si2.2ClH.Zr/c2*1-10-8-11(2)13(9-10)12-6-4-3-5-7-12;1-5-6(2,3)4;;;/h2*3-9H,1-2H3;5H2,1-4H3;2*1H;/q2*-1;;;;+4/p-2. The van der Waals surface area contributed by atoms with Gasteiger partial charge in [0, 0.05) is 16.6 Å². The van der Waals surface area contributed by atoms with E-state index in [0.717, 1.165) is 0 Å². The zero-order valence-electron chi connectivity index (χ0n) is 22.5. The summed E-state index contributed by atoms with van der Waals surface area (Å²) in [5, 5.41) is 0. The summed E-state index contributed by atoms with van der Waals surface area (Å²) >= 11 is 0. The fourth-order valence-corrected chi connectivity index (χ4v) is 3.46. The Labute approximate surface area is 249 Å². The van der Waals surface area contributed by atoms with E-state index in [4.69, 9.17) is 0 Å². The quantitative estimate of drug-likeness (QED) is 0.245. The minimum atomic E-state index is -0.492. The third-order valence-corrected chi connectivity index (χ3v) is 14.2. The molecule has 0 radical (unpaired) electrons. The van der Waals surface area contributed by atoms with E-state index in [2.05, 4.69) is 139 Å². The Balaban J connectivity index is 0. The molecule has 0 aliphatic carbocycles. The van der Waals surface area contributed by atoms with E-state index in [0.29, 0.717) is 9.04 Å². The van der Waals surface area contributed by atoms with Crippen LogP contribution in [0.2, 0.25) is 26.2 Å². The third kappa shape index (κ3) is 12.7. The normalized spacial score (nSPS) is 10.1. The van der Waals surface area contributed by atoms with Gasteiger partial charge >= 0.3 is 26.2 Å². The van der Waals surface area contributed by atoms with Crippen molar-refractivity contribution in [3.05, 3.63) is 107 Å². The molecule has 0 saturated heterocycles. The second-order valence-corrected chi connectivity index (χ2v) is 24.2. The first kappa shape index (κ1) is 36.2. The number of hydrogen-bond acceptors (Lipinski definition) is 0. The summed E-state index contributed by atoms with van der Waals surface area (Å²) in [6, 6.07) is 30.0. The Hall–Kier alpha value is -0.963. The van der Waals surface area contributed by atoms with Crippen LogP contribution >= 0.6 is 0 Å². The molecular weight excluding hydrogens is 579 g/mol. The van der Waals surface area contributed by atoms with Gasteiger partial charge in [-0.15, -0.1) is 0 Å². The molecule has 5 heteroatoms. The maximum absolute atomic E-state index is 2.44. The van der Waals surface area contributed by atoms with Crippen LogP contribution in [0.25, 0.3) is 22.3 Å². The van der Waals surface area contributed by atoms with Crippen LogP contribution in [-0.4, -0.2) is 16.6 Å². The smallest absolute Gasteiger partial charge is 1.00 e. The van der Waals surface area contributed by atoms with Crippen molar-refractivity contribution in [1.29, 1.82) is 0 Å². The van der Waals surface area contributed by atoms with Gasteiger partial charge in [0.1, 0.15) is 0 Å². The molecule has 0 atom stereocenters. The first-order valence-electron chi connectivity index (χ1n) is 11.7. The van der Waals surface area contributed by atoms with Crippen LogP contribution in [0.3, 0.4) is 0 Å². The van der Waals surface area contributed by atoms with Gasteiger partial charge in [-0.25, -0.2) is 12.1 Å². The molecule has 4 aromatic carbocycles. The van der Waals surface area contributed by atoms with Gasteiger partial charge in [-0.3, -0.25) is 0 Å². The minimum absolute atomic E-state index is 0. The number of aryl methyl sites for hydroxylation is 4. The topological polar surface area (TPSA) is 0 Å². The second-order valence-electron chi connectivity index (χ2n) is 9.91. The van der Waals surface area contributed by atoms with E-state index < -0.39 is 7.59 Å². The van der Waals surface area contributed by atoms with Crippen LogP contribution in [-0.2, 0) is 26.2 Å². The van der Waals surface area contributed by atoms with Crippen LogP contribution in [0.1, 0.15) is 22.3 Å². The molecule has 0 bridgehead atoms. The molecule has 0 spiro atoms. The predicted octanol–water partition coefficient (Wildman–Crippen LogP) is 2.42. The summed E-state index contributed by atoms with van der Waals surface area (Å²) in [6.45, 7) is 18.3. The largest absolute Gasteiger partial charge is 4.00 e. The number of halogens is 2. The Bertz CT molecular complexity index is 997. The van der Waals surface area contributed by atoms with Crippen LogP contribution < -0.4 is 24.8 Å². The van der Waals surface area contributed by atoms with Crippen molar-refractivity contribution in [2.45, 2.75) is 53.9 Å². The zero-order chi connectivity index (χ0) is 23.7. The molecule has 0 aliphatic heterocycles. The maximum atomic E-state index is 2.44. The molecular formula is C30H40Cl2Si2Zr. The fourth-order valence-electron chi connectivity index (χ4n) is 3.46. The molecule has 0 fully saturated rings. The molecule has 35 heavy (non-hydrogen) atoms. The van der Waals surface area contributed by atoms with E-state index >= 15 is 0 Å². The van der Waals surface area contributed by atoms with Crippen LogP contribution in [0.5, 0.6) is 0 Å². The minimum Gasteiger partial charge on any atom is -1.00 e. The van der Waals surface area contributed by atoms with Gasteiger partial charge in [-0.2, -0.15) is 45.5 Å². The van der Waals surface area contributed by atoms with E-state index in [-0.39, 0.29) is 51.0 Å². The molecule has 0 nitrogen and oxygen atoms in total. The number of rotatable bonds is 3. The molecule has 0 unspecified atom stereocenters. The van der Waals surface area contributed by atoms with Crippen molar-refractivity contribution in [2.75, 3.05) is 0 Å². The molecule has 0 amide bonds. The maximum Gasteiger partial charge on any atom is 4.00 e. The van der Waals surface area contributed by atoms with Crippen molar-refractivity contribution in [1.82, 2.24) is 0 Å². The van der Waals surface area contributed by atoms with Gasteiger partial charge in [0.2, 0.25) is 0 Å². The van der Waals surface area contributed by atoms with Crippen molar-refractivity contribution < 1.29 is 51.0 Å². The van der Waals surface area contributed by atoms with E-state index in [9.17, 15) is 0 Å². The van der Waals surface area contributed by atoms with Gasteiger partial charge in [0.05, 0.1) is 0 Å². The summed E-state index contributed by atoms with van der Waals surface area (Å²) in [6.07, 6.45) is 0. The van der Waals surface area contributed by atoms with Crippen molar-refractivity contribution in [2.24, 2.45) is 0 Å². The molecule has 0 aliphatic rings. The van der Waals surface area contributed by atoms with Gasteiger partial charge in [-0.1, -0.05) is 126 Å². The average Bonchev–Trinajstić information content (AvgIpc) is 3.29. The molecule has 186 valence electrons. The van der Waals surface area contributed by atoms with Crippen LogP contribution in [0.15, 0.2) is 84.9 Å². The van der Waals surface area contributed by atoms with Gasteiger partial charge in [-0.05, 0) is 0 Å². The van der Waals surface area contributed by atoms with Gasteiger partial charge in [0.15, 0.2) is 0 Å². The Morgan fingerprint density at radius 3 is 1.09 bits per heavy atom. The summed E-state index contributed by atoms with van der Waals surface area (Å²) in [5.41, 5.74) is 10.8. The van der Waals surface area contributed by atoms with Crippen LogP contribution in [0.4, 0.5) is 0 Å². The summed E-state index contributed by atoms with van der Waals surface area (Å²) in [5.74, 6) is 0. The monoisotopic (exact) mass is 616 g/mol. The predicted molar refractivity (Wildman–Crippen MR) is 152 cm³/mol. The Kier molecular flexibility index (Phi) is 18.1. The van der Waals surface area contributed by atoms with E-state index in [1.54, 1.807) is 0 Å². The first-order chi connectivity index (χ1) is 15.1. The average molecular weight is 619 g/mol. The Morgan fingerprint density at radius 1 is 0.600 bits per heavy atom. The van der Waals surface area contributed by atoms with Crippen molar-refractivity contribution in [3.63, 3.8) is 0 Å². The SMILES string of the molecule is C[SiH2][Si](C)(C)C.Cc1cc(-c2ccccc2)c(C)[cH-]1.Cc1cc(-c2ccccc2)c(C)[cH-]1.[Cl-].[Cl-].[Zr+4]. The second kappa shape index (κ2) is 17.5. The molecule has 0 aromatic heterocycles. The molecule has 0 heterocycles. The summed E-state index contributed by atoms with van der Waals surface area (Å²) in [4.78, 5) is 0. The zero-order valence-corrected chi connectivity index (χ0v) is 28.9. The van der Waals surface area contributed by atoms with E-state index in [1.807, 2.05) is 0 Å². The van der Waals surface area contributed by atoms with E-state index in [1.165, 1.54) is 44.5 Å². The molecule has 4 rings (SSSR count). The molecule has 0 saturated carbocycles. The first-order valence-corrected chi connectivity index (χ1v) is 18.9. The van der Waals surface area contributed by atoms with Gasteiger partial charge < -0.3 is 24.8 Å². The van der Waals surface area contributed by atoms with Crippen LogP contribution in [0, 0.1) is 27.7 Å². The summed E-state index contributed by atoms with van der Waals surface area (Å²) in [7, 11) is -0.101. The summed E-state index contributed by atoms with van der Waals surface area (Å²) < 4.78 is 0. The third-order valence-electron chi connectivity index (χ3n) is 5.71. The molecule has 4 aromatic rings.